The molecule has 0 amide bonds. The predicted molar refractivity (Wildman–Crippen MR) is 116 cm³/mol. The Bertz CT molecular complexity index is 730. The maximum atomic E-state index is 8.81. The number of hydrogen-bond donors (Lipinski definition) is 0. The molecule has 1 atom stereocenters. The van der Waals surface area contributed by atoms with Crippen molar-refractivity contribution in [2.45, 2.75) is 87.0 Å². The Morgan fingerprint density at radius 3 is 2.41 bits per heavy atom. The van der Waals surface area contributed by atoms with Gasteiger partial charge in [0.15, 0.2) is 0 Å². The molecule has 2 aromatic rings. The van der Waals surface area contributed by atoms with Crippen molar-refractivity contribution >= 4 is 6.29 Å². The smallest absolute Gasteiger partial charge is 0.116 e. The first-order chi connectivity index (χ1) is 12.5. The van der Waals surface area contributed by atoms with Gasteiger partial charge in [-0.25, -0.2) is 4.68 Å². The molecule has 4 rings (SSSR count). The number of aldehydes is 1. The summed E-state index contributed by atoms with van der Waals surface area (Å²) in [5.41, 5.74) is 8.54. The largest absolute Gasteiger partial charge is 0.304 e. The number of carbonyl (C=O) groups excluding carboxylic acids is 1. The van der Waals surface area contributed by atoms with Crippen LogP contribution in [0.5, 0.6) is 0 Å². The van der Waals surface area contributed by atoms with E-state index in [4.69, 9.17) is 9.89 Å². The highest BCUT2D eigenvalue weighted by molar-refractivity contribution is 5.45. The number of hydrogen-bond acceptors (Lipinski definition) is 2. The standard InChI is InChI=1S/C18H22N2.C3H8.C2H4O.CH4/c1-12-9-14-7-8-16(11-15(14)10-12)20-18-6-4-3-5-17(18)13(2)19-20;1-3-2;1-2-3;/h7-8,11-12H,3-6,9-10H2,1-2H3;3H2,1-2H3;2H,1H3;1H4. The van der Waals surface area contributed by atoms with Crippen molar-refractivity contribution in [3.63, 3.8) is 0 Å². The van der Waals surface area contributed by atoms with Gasteiger partial charge in [-0.1, -0.05) is 40.7 Å². The van der Waals surface area contributed by atoms with Crippen LogP contribution in [0.15, 0.2) is 18.2 Å². The molecule has 0 saturated heterocycles. The van der Waals surface area contributed by atoms with Gasteiger partial charge in [-0.2, -0.15) is 5.10 Å². The van der Waals surface area contributed by atoms with Crippen molar-refractivity contribution in [1.29, 1.82) is 0 Å². The highest BCUT2D eigenvalue weighted by Crippen LogP contribution is 2.31. The van der Waals surface area contributed by atoms with E-state index >= 15 is 0 Å². The van der Waals surface area contributed by atoms with Gasteiger partial charge in [-0.3, -0.25) is 0 Å². The van der Waals surface area contributed by atoms with Crippen LogP contribution >= 0.6 is 0 Å². The highest BCUT2D eigenvalue weighted by atomic mass is 16.1. The minimum absolute atomic E-state index is 0. The molecule has 0 spiro atoms. The zero-order chi connectivity index (χ0) is 19.1. The van der Waals surface area contributed by atoms with Crippen LogP contribution in [-0.2, 0) is 30.5 Å². The molecule has 1 aromatic heterocycles. The lowest BCUT2D eigenvalue weighted by atomic mass is 9.96. The summed E-state index contributed by atoms with van der Waals surface area (Å²) in [5, 5.41) is 4.82. The minimum Gasteiger partial charge on any atom is -0.304 e. The zero-order valence-electron chi connectivity index (χ0n) is 17.1. The molecule has 0 fully saturated rings. The first-order valence-corrected chi connectivity index (χ1v) is 10.1. The van der Waals surface area contributed by atoms with E-state index in [1.165, 1.54) is 80.1 Å². The molecule has 1 aromatic carbocycles. The number of benzene rings is 1. The summed E-state index contributed by atoms with van der Waals surface area (Å²) in [6.07, 6.45) is 9.49. The first-order valence-electron chi connectivity index (χ1n) is 10.1. The van der Waals surface area contributed by atoms with Gasteiger partial charge in [-0.15, -0.1) is 0 Å². The third-order valence-electron chi connectivity index (χ3n) is 4.95. The molecular formula is C24H38N2O. The highest BCUT2D eigenvalue weighted by Gasteiger charge is 2.22. The fourth-order valence-electron chi connectivity index (χ4n) is 3.95. The Balaban J connectivity index is 0.000000466. The normalized spacial score (nSPS) is 16.6. The second-order valence-electron chi connectivity index (χ2n) is 7.54. The second-order valence-corrected chi connectivity index (χ2v) is 7.54. The van der Waals surface area contributed by atoms with Crippen molar-refractivity contribution in [3.8, 4) is 5.69 Å². The zero-order valence-corrected chi connectivity index (χ0v) is 17.1. The van der Waals surface area contributed by atoms with Crippen LogP contribution in [0.4, 0.5) is 0 Å². The van der Waals surface area contributed by atoms with Crippen LogP contribution < -0.4 is 0 Å². The van der Waals surface area contributed by atoms with Gasteiger partial charge in [0.05, 0.1) is 11.4 Å². The van der Waals surface area contributed by atoms with Crippen molar-refractivity contribution in [2.75, 3.05) is 0 Å². The Labute approximate surface area is 166 Å². The van der Waals surface area contributed by atoms with E-state index in [-0.39, 0.29) is 7.43 Å². The van der Waals surface area contributed by atoms with Gasteiger partial charge in [0.1, 0.15) is 6.29 Å². The molecule has 1 heterocycles. The average Bonchev–Trinajstić information content (AvgIpc) is 3.15. The van der Waals surface area contributed by atoms with Crippen molar-refractivity contribution < 1.29 is 4.79 Å². The summed E-state index contributed by atoms with van der Waals surface area (Å²) in [6.45, 7) is 10.2. The monoisotopic (exact) mass is 370 g/mol. The van der Waals surface area contributed by atoms with Crippen LogP contribution in [0.25, 0.3) is 5.69 Å². The summed E-state index contributed by atoms with van der Waals surface area (Å²) in [7, 11) is 0. The van der Waals surface area contributed by atoms with Crippen LogP contribution in [0.1, 0.15) is 82.5 Å². The van der Waals surface area contributed by atoms with Crippen LogP contribution in [0.3, 0.4) is 0 Å². The topological polar surface area (TPSA) is 34.9 Å². The fraction of sp³-hybridized carbons (Fsp3) is 0.583. The molecule has 27 heavy (non-hydrogen) atoms. The number of carbonyl (C=O) groups is 1. The third-order valence-corrected chi connectivity index (χ3v) is 4.95. The summed E-state index contributed by atoms with van der Waals surface area (Å²) in [4.78, 5) is 8.81. The van der Waals surface area contributed by atoms with E-state index in [9.17, 15) is 0 Å². The molecule has 2 aliphatic rings. The lowest BCUT2D eigenvalue weighted by Crippen LogP contribution is -2.08. The summed E-state index contributed by atoms with van der Waals surface area (Å²) < 4.78 is 2.22. The van der Waals surface area contributed by atoms with E-state index in [2.05, 4.69) is 50.6 Å². The Kier molecular flexibility index (Phi) is 9.48. The van der Waals surface area contributed by atoms with Gasteiger partial charge in [0, 0.05) is 5.69 Å². The van der Waals surface area contributed by atoms with Gasteiger partial charge < -0.3 is 4.79 Å². The van der Waals surface area contributed by atoms with Crippen LogP contribution in [-0.4, -0.2) is 16.1 Å². The number of nitrogens with zero attached hydrogens (tertiary/aromatic N) is 2. The van der Waals surface area contributed by atoms with Gasteiger partial charge >= 0.3 is 0 Å². The Morgan fingerprint density at radius 1 is 1.15 bits per heavy atom. The molecule has 150 valence electrons. The molecule has 1 unspecified atom stereocenters. The Hall–Kier alpha value is -1.90. The molecule has 0 radical (unpaired) electrons. The van der Waals surface area contributed by atoms with Gasteiger partial charge in [0.2, 0.25) is 0 Å². The summed E-state index contributed by atoms with van der Waals surface area (Å²) in [5.74, 6) is 0.800. The van der Waals surface area contributed by atoms with Gasteiger partial charge in [-0.05, 0) is 87.1 Å². The number of fused-ring (bicyclic) bond motifs is 2. The second kappa shape index (κ2) is 11.1. The van der Waals surface area contributed by atoms with E-state index in [1.807, 2.05) is 0 Å². The van der Waals surface area contributed by atoms with Crippen LogP contribution in [0, 0.1) is 12.8 Å². The molecule has 3 nitrogen and oxygen atoms in total. The van der Waals surface area contributed by atoms with Crippen molar-refractivity contribution in [1.82, 2.24) is 9.78 Å². The molecule has 0 N–H and O–H groups in total. The fourth-order valence-corrected chi connectivity index (χ4v) is 3.95. The lowest BCUT2D eigenvalue weighted by Gasteiger charge is -2.14. The molecule has 0 aliphatic heterocycles. The quantitative estimate of drug-likeness (QED) is 0.573. The number of aromatic nitrogens is 2. The Morgan fingerprint density at radius 2 is 1.74 bits per heavy atom. The maximum absolute atomic E-state index is 8.81. The van der Waals surface area contributed by atoms with E-state index < -0.39 is 0 Å². The number of rotatable bonds is 1. The predicted octanol–water partition coefficient (Wildman–Crippen LogP) is 6.05. The summed E-state index contributed by atoms with van der Waals surface area (Å²) in [6, 6.07) is 6.96. The average molecular weight is 371 g/mol. The maximum Gasteiger partial charge on any atom is 0.116 e. The van der Waals surface area contributed by atoms with E-state index in [0.717, 1.165) is 12.2 Å². The van der Waals surface area contributed by atoms with E-state index in [0.29, 0.717) is 0 Å². The van der Waals surface area contributed by atoms with E-state index in [1.54, 1.807) is 5.56 Å². The third kappa shape index (κ3) is 5.54. The van der Waals surface area contributed by atoms with Crippen molar-refractivity contribution in [3.05, 3.63) is 46.3 Å². The van der Waals surface area contributed by atoms with Crippen LogP contribution in [0.2, 0.25) is 0 Å². The molecule has 2 aliphatic carbocycles. The van der Waals surface area contributed by atoms with Gasteiger partial charge in [0.25, 0.3) is 0 Å². The lowest BCUT2D eigenvalue weighted by molar-refractivity contribution is -0.106. The first kappa shape index (κ1) is 23.1. The molecule has 0 saturated carbocycles. The molecule has 3 heteroatoms. The summed E-state index contributed by atoms with van der Waals surface area (Å²) >= 11 is 0. The number of aryl methyl sites for hydroxylation is 1. The SMILES string of the molecule is C.CC=O.CCC.Cc1nn(-c2ccc3c(c2)CC(C)C3)c2c1CCCC2. The molecule has 0 bridgehead atoms. The minimum atomic E-state index is 0. The van der Waals surface area contributed by atoms with Crippen molar-refractivity contribution in [2.24, 2.45) is 5.92 Å². The molecular weight excluding hydrogens is 332 g/mol.